The zero-order valence-electron chi connectivity index (χ0n) is 16.8. The van der Waals surface area contributed by atoms with Crippen LogP contribution in [0.4, 0.5) is 0 Å². The summed E-state index contributed by atoms with van der Waals surface area (Å²) in [6, 6.07) is 24.2. The molecule has 1 amide bonds. The van der Waals surface area contributed by atoms with E-state index in [2.05, 4.69) is 25.9 Å². The minimum Gasteiger partial charge on any atom is -0.497 e. The predicted octanol–water partition coefficient (Wildman–Crippen LogP) is 3.16. The van der Waals surface area contributed by atoms with Crippen molar-refractivity contribution in [1.29, 1.82) is 0 Å². The van der Waals surface area contributed by atoms with Gasteiger partial charge in [-0.1, -0.05) is 42.5 Å². The number of nitrogens with one attached hydrogen (secondary N) is 1. The molecule has 0 radical (unpaired) electrons. The number of ether oxygens (including phenoxy) is 1. The number of tetrazole rings is 1. The molecular weight excluding hydrogens is 392 g/mol. The van der Waals surface area contributed by atoms with Crippen LogP contribution in [-0.4, -0.2) is 39.4 Å². The number of hydrogen-bond acceptors (Lipinski definition) is 6. The highest BCUT2D eigenvalue weighted by molar-refractivity contribution is 5.94. The highest BCUT2D eigenvalue weighted by atomic mass is 16.5. The Hall–Kier alpha value is -4.33. The number of aromatic nitrogens is 4. The first-order valence-corrected chi connectivity index (χ1v) is 9.61. The summed E-state index contributed by atoms with van der Waals surface area (Å²) in [5, 5.41) is 16.6. The van der Waals surface area contributed by atoms with Crippen LogP contribution < -0.4 is 10.2 Å². The molecule has 0 bridgehead atoms. The van der Waals surface area contributed by atoms with Gasteiger partial charge in [-0.3, -0.25) is 4.79 Å². The van der Waals surface area contributed by atoms with Gasteiger partial charge >= 0.3 is 0 Å². The van der Waals surface area contributed by atoms with Crippen molar-refractivity contribution in [2.24, 2.45) is 5.10 Å². The lowest BCUT2D eigenvalue weighted by Gasteiger charge is -2.03. The molecule has 31 heavy (non-hydrogen) atoms. The van der Waals surface area contributed by atoms with Crippen molar-refractivity contribution >= 4 is 12.1 Å². The number of methoxy groups -OCH3 is 1. The van der Waals surface area contributed by atoms with E-state index in [-0.39, 0.29) is 5.91 Å². The number of rotatable bonds is 7. The van der Waals surface area contributed by atoms with Crippen LogP contribution in [0.25, 0.3) is 11.4 Å². The van der Waals surface area contributed by atoms with Gasteiger partial charge in [-0.15, -0.1) is 10.2 Å². The fourth-order valence-corrected chi connectivity index (χ4v) is 2.86. The highest BCUT2D eigenvalue weighted by Gasteiger charge is 2.07. The Morgan fingerprint density at radius 2 is 1.77 bits per heavy atom. The quantitative estimate of drug-likeness (QED) is 0.372. The molecule has 0 spiro atoms. The molecule has 0 aliphatic rings. The molecule has 1 heterocycles. The van der Waals surface area contributed by atoms with Gasteiger partial charge in [-0.05, 0) is 52.7 Å². The number of benzene rings is 3. The molecule has 154 valence electrons. The molecular formula is C23H20N6O2. The Labute approximate surface area is 179 Å². The molecule has 0 aliphatic heterocycles. The van der Waals surface area contributed by atoms with Gasteiger partial charge in [-0.25, -0.2) is 5.43 Å². The molecule has 0 saturated heterocycles. The minimum atomic E-state index is -0.290. The number of amides is 1. The van der Waals surface area contributed by atoms with Crippen molar-refractivity contribution in [3.05, 3.63) is 95.6 Å². The summed E-state index contributed by atoms with van der Waals surface area (Å²) in [5.74, 6) is 1.05. The zero-order chi connectivity index (χ0) is 21.5. The molecule has 0 fully saturated rings. The Morgan fingerprint density at radius 1 is 1.03 bits per heavy atom. The van der Waals surface area contributed by atoms with Crippen LogP contribution in [0.15, 0.2) is 84.0 Å². The van der Waals surface area contributed by atoms with E-state index in [4.69, 9.17) is 4.74 Å². The normalized spacial score (nSPS) is 10.9. The fraction of sp³-hybridized carbons (Fsp3) is 0.0870. The van der Waals surface area contributed by atoms with Gasteiger partial charge in [0.25, 0.3) is 5.91 Å². The van der Waals surface area contributed by atoms with Crippen molar-refractivity contribution in [3.8, 4) is 17.1 Å². The zero-order valence-corrected chi connectivity index (χ0v) is 16.8. The first-order chi connectivity index (χ1) is 15.2. The van der Waals surface area contributed by atoms with Crippen LogP contribution >= 0.6 is 0 Å². The predicted molar refractivity (Wildman–Crippen MR) is 117 cm³/mol. The summed E-state index contributed by atoms with van der Waals surface area (Å²) < 4.78 is 5.11. The van der Waals surface area contributed by atoms with E-state index < -0.39 is 0 Å². The maximum Gasteiger partial charge on any atom is 0.271 e. The molecule has 0 unspecified atom stereocenters. The van der Waals surface area contributed by atoms with E-state index in [1.807, 2.05) is 66.7 Å². The molecule has 3 aromatic carbocycles. The molecule has 8 nitrogen and oxygen atoms in total. The topological polar surface area (TPSA) is 94.3 Å². The Bertz CT molecular complexity index is 1170. The van der Waals surface area contributed by atoms with E-state index in [0.717, 1.165) is 22.4 Å². The maximum atomic E-state index is 12.3. The van der Waals surface area contributed by atoms with Gasteiger partial charge in [0.1, 0.15) is 5.75 Å². The second-order valence-corrected chi connectivity index (χ2v) is 6.68. The SMILES string of the molecule is COc1ccc(/C=N\NC(=O)c2ccc(Cn3nnc(-c4ccccc4)n3)cc2)cc1. The second kappa shape index (κ2) is 9.45. The van der Waals surface area contributed by atoms with Crippen molar-refractivity contribution in [2.45, 2.75) is 6.54 Å². The monoisotopic (exact) mass is 412 g/mol. The van der Waals surface area contributed by atoms with Crippen LogP contribution in [0.3, 0.4) is 0 Å². The molecule has 1 N–H and O–H groups in total. The number of nitrogens with zero attached hydrogens (tertiary/aromatic N) is 5. The van der Waals surface area contributed by atoms with Crippen LogP contribution in [0, 0.1) is 0 Å². The molecule has 4 rings (SSSR count). The average molecular weight is 412 g/mol. The van der Waals surface area contributed by atoms with E-state index in [9.17, 15) is 4.79 Å². The summed E-state index contributed by atoms with van der Waals surface area (Å²) in [6.45, 7) is 0.456. The fourth-order valence-electron chi connectivity index (χ4n) is 2.86. The third kappa shape index (κ3) is 5.18. The van der Waals surface area contributed by atoms with Gasteiger partial charge in [0.2, 0.25) is 5.82 Å². The lowest BCUT2D eigenvalue weighted by molar-refractivity contribution is 0.0955. The van der Waals surface area contributed by atoms with Crippen LogP contribution in [0.1, 0.15) is 21.5 Å². The Kier molecular flexibility index (Phi) is 6.08. The molecule has 8 heteroatoms. The van der Waals surface area contributed by atoms with Gasteiger partial charge in [0, 0.05) is 11.1 Å². The first kappa shape index (κ1) is 20.0. The third-order valence-corrected chi connectivity index (χ3v) is 4.52. The smallest absolute Gasteiger partial charge is 0.271 e. The van der Waals surface area contributed by atoms with Gasteiger partial charge in [-0.2, -0.15) is 9.90 Å². The first-order valence-electron chi connectivity index (χ1n) is 9.61. The minimum absolute atomic E-state index is 0.290. The molecule has 1 aromatic heterocycles. The standard InChI is InChI=1S/C23H20N6O2/c1-31-21-13-9-17(10-14-21)15-24-26-23(30)20-11-7-18(8-12-20)16-29-27-22(25-28-29)19-5-3-2-4-6-19/h2-15H,16H2,1H3,(H,26,30)/b24-15-. The maximum absolute atomic E-state index is 12.3. The second-order valence-electron chi connectivity index (χ2n) is 6.68. The Morgan fingerprint density at radius 3 is 2.48 bits per heavy atom. The van der Waals surface area contributed by atoms with Gasteiger partial charge in [0.05, 0.1) is 19.9 Å². The number of hydrogen-bond donors (Lipinski definition) is 1. The van der Waals surface area contributed by atoms with Crippen molar-refractivity contribution < 1.29 is 9.53 Å². The van der Waals surface area contributed by atoms with E-state index >= 15 is 0 Å². The summed E-state index contributed by atoms with van der Waals surface area (Å²) in [6.07, 6.45) is 1.58. The summed E-state index contributed by atoms with van der Waals surface area (Å²) >= 11 is 0. The van der Waals surface area contributed by atoms with Crippen LogP contribution in [0.5, 0.6) is 5.75 Å². The average Bonchev–Trinajstić information content (AvgIpc) is 3.29. The number of carbonyl (C=O) groups excluding carboxylic acids is 1. The van der Waals surface area contributed by atoms with E-state index in [1.165, 1.54) is 4.80 Å². The van der Waals surface area contributed by atoms with E-state index in [1.54, 1.807) is 25.5 Å². The summed E-state index contributed by atoms with van der Waals surface area (Å²) in [5.41, 5.74) is 5.75. The number of carbonyl (C=O) groups is 1. The van der Waals surface area contributed by atoms with Crippen molar-refractivity contribution in [2.75, 3.05) is 7.11 Å². The van der Waals surface area contributed by atoms with Crippen LogP contribution in [-0.2, 0) is 6.54 Å². The third-order valence-electron chi connectivity index (χ3n) is 4.52. The van der Waals surface area contributed by atoms with Gasteiger partial charge in [0.15, 0.2) is 0 Å². The van der Waals surface area contributed by atoms with Gasteiger partial charge < -0.3 is 4.74 Å². The lowest BCUT2D eigenvalue weighted by atomic mass is 10.1. The molecule has 0 saturated carbocycles. The largest absolute Gasteiger partial charge is 0.497 e. The molecule has 4 aromatic rings. The van der Waals surface area contributed by atoms with Crippen molar-refractivity contribution in [1.82, 2.24) is 25.6 Å². The van der Waals surface area contributed by atoms with E-state index in [0.29, 0.717) is 17.9 Å². The molecule has 0 aliphatic carbocycles. The highest BCUT2D eigenvalue weighted by Crippen LogP contribution is 2.13. The number of hydrazone groups is 1. The lowest BCUT2D eigenvalue weighted by Crippen LogP contribution is -2.17. The Balaban J connectivity index is 1.34. The summed E-state index contributed by atoms with van der Waals surface area (Å²) in [7, 11) is 1.61. The van der Waals surface area contributed by atoms with Crippen LogP contribution in [0.2, 0.25) is 0 Å². The van der Waals surface area contributed by atoms with Crippen molar-refractivity contribution in [3.63, 3.8) is 0 Å². The summed E-state index contributed by atoms with van der Waals surface area (Å²) in [4.78, 5) is 13.8. The molecule has 0 atom stereocenters.